The molecule has 0 radical (unpaired) electrons. The van der Waals surface area contributed by atoms with Crippen LogP contribution >= 0.6 is 0 Å². The van der Waals surface area contributed by atoms with E-state index in [1.54, 1.807) is 24.3 Å². The van der Waals surface area contributed by atoms with Crippen molar-refractivity contribution in [3.63, 3.8) is 0 Å². The van der Waals surface area contributed by atoms with Gasteiger partial charge in [-0.25, -0.2) is 4.79 Å². The molecule has 0 aliphatic carbocycles. The van der Waals surface area contributed by atoms with E-state index < -0.39 is 10.7 Å². The molecule has 1 aromatic heterocycles. The van der Waals surface area contributed by atoms with Crippen molar-refractivity contribution in [3.8, 4) is 0 Å². The topological polar surface area (TPSA) is 95.3 Å². The van der Waals surface area contributed by atoms with E-state index in [0.29, 0.717) is 16.7 Å². The van der Waals surface area contributed by atoms with Gasteiger partial charge in [-0.1, -0.05) is 12.1 Å². The van der Waals surface area contributed by atoms with Gasteiger partial charge in [0, 0.05) is 17.7 Å². The normalized spacial score (nSPS) is 10.8. The highest BCUT2D eigenvalue weighted by molar-refractivity contribution is 5.96. The van der Waals surface area contributed by atoms with Gasteiger partial charge in [-0.3, -0.25) is 19.5 Å². The third-order valence-electron chi connectivity index (χ3n) is 3.56. The first kappa shape index (κ1) is 14.7. The van der Waals surface area contributed by atoms with Gasteiger partial charge in [0.1, 0.15) is 0 Å². The fraction of sp³-hybridized carbons (Fsp3) is 0.125. The van der Waals surface area contributed by atoms with E-state index in [-0.39, 0.29) is 18.0 Å². The van der Waals surface area contributed by atoms with Crippen molar-refractivity contribution in [1.82, 2.24) is 4.57 Å². The number of nitro groups is 1. The monoisotopic (exact) mass is 312 g/mol. The molecule has 116 valence electrons. The highest BCUT2D eigenvalue weighted by atomic mass is 16.6. The van der Waals surface area contributed by atoms with Crippen LogP contribution in [-0.4, -0.2) is 15.3 Å². The molecule has 0 amide bonds. The van der Waals surface area contributed by atoms with Crippen molar-refractivity contribution in [2.75, 3.05) is 0 Å². The van der Waals surface area contributed by atoms with Crippen LogP contribution < -0.4 is 5.76 Å². The zero-order chi connectivity index (χ0) is 16.6. The highest BCUT2D eigenvalue weighted by Gasteiger charge is 2.12. The number of hydrogen-bond acceptors (Lipinski definition) is 5. The average molecular weight is 312 g/mol. The minimum Gasteiger partial charge on any atom is -0.408 e. The first-order chi connectivity index (χ1) is 11.0. The van der Waals surface area contributed by atoms with Crippen LogP contribution in [0, 0.1) is 10.1 Å². The van der Waals surface area contributed by atoms with Crippen molar-refractivity contribution in [2.45, 2.75) is 13.5 Å². The first-order valence-corrected chi connectivity index (χ1v) is 6.83. The predicted molar refractivity (Wildman–Crippen MR) is 82.7 cm³/mol. The predicted octanol–water partition coefficient (Wildman–Crippen LogP) is 2.75. The summed E-state index contributed by atoms with van der Waals surface area (Å²) in [6.45, 7) is 1.66. The molecule has 0 unspecified atom stereocenters. The Morgan fingerprint density at radius 1 is 1.22 bits per heavy atom. The lowest BCUT2D eigenvalue weighted by Crippen LogP contribution is -2.14. The number of rotatable bonds is 4. The maximum atomic E-state index is 12.0. The molecule has 7 heteroatoms. The molecule has 2 aromatic carbocycles. The number of nitrogens with zero attached hydrogens (tertiary/aromatic N) is 2. The third-order valence-corrected chi connectivity index (χ3v) is 3.56. The number of non-ortho nitro benzene ring substituents is 1. The Balaban J connectivity index is 1.99. The molecule has 0 fully saturated rings. The first-order valence-electron chi connectivity index (χ1n) is 6.83. The molecule has 0 spiro atoms. The molecule has 0 saturated heterocycles. The second-order valence-corrected chi connectivity index (χ2v) is 5.12. The average Bonchev–Trinajstić information content (AvgIpc) is 2.83. The molecule has 23 heavy (non-hydrogen) atoms. The summed E-state index contributed by atoms with van der Waals surface area (Å²) in [5.74, 6) is -0.656. The Labute approximate surface area is 129 Å². The SMILES string of the molecule is CC(=O)c1ccc2c(c1)oc(=O)n2Cc1ccc([N+](=O)[O-])cc1. The van der Waals surface area contributed by atoms with Gasteiger partial charge in [0.25, 0.3) is 5.69 Å². The van der Waals surface area contributed by atoms with Crippen LogP contribution in [0.1, 0.15) is 22.8 Å². The lowest BCUT2D eigenvalue weighted by molar-refractivity contribution is -0.384. The summed E-state index contributed by atoms with van der Waals surface area (Å²) in [6.07, 6.45) is 0. The molecule has 3 rings (SSSR count). The molecule has 0 aliphatic heterocycles. The molecule has 0 bridgehead atoms. The van der Waals surface area contributed by atoms with Gasteiger partial charge < -0.3 is 4.42 Å². The molecule has 0 N–H and O–H groups in total. The van der Waals surface area contributed by atoms with Crippen molar-refractivity contribution in [3.05, 3.63) is 74.3 Å². The van der Waals surface area contributed by atoms with Gasteiger partial charge >= 0.3 is 5.76 Å². The summed E-state index contributed by atoms with van der Waals surface area (Å²) in [4.78, 5) is 33.6. The van der Waals surface area contributed by atoms with Gasteiger partial charge in [-0.2, -0.15) is 0 Å². The molecule has 0 saturated carbocycles. The smallest absolute Gasteiger partial charge is 0.408 e. The minimum atomic E-state index is -0.543. The molecular weight excluding hydrogens is 300 g/mol. The van der Waals surface area contributed by atoms with Gasteiger partial charge in [-0.15, -0.1) is 0 Å². The lowest BCUT2D eigenvalue weighted by Gasteiger charge is -2.03. The molecule has 3 aromatic rings. The third kappa shape index (κ3) is 2.76. The van der Waals surface area contributed by atoms with E-state index in [2.05, 4.69) is 0 Å². The Morgan fingerprint density at radius 3 is 2.52 bits per heavy atom. The number of ketones is 1. The summed E-state index contributed by atoms with van der Waals surface area (Å²) < 4.78 is 6.59. The molecule has 1 heterocycles. The summed E-state index contributed by atoms with van der Waals surface area (Å²) >= 11 is 0. The van der Waals surface area contributed by atoms with E-state index >= 15 is 0 Å². The van der Waals surface area contributed by atoms with Gasteiger partial charge in [0.05, 0.1) is 17.0 Å². The fourth-order valence-electron chi connectivity index (χ4n) is 2.34. The zero-order valence-corrected chi connectivity index (χ0v) is 12.2. The Morgan fingerprint density at radius 2 is 1.91 bits per heavy atom. The number of benzene rings is 2. The van der Waals surface area contributed by atoms with E-state index in [1.807, 2.05) is 0 Å². The molecule has 7 nitrogen and oxygen atoms in total. The number of carbonyl (C=O) groups is 1. The fourth-order valence-corrected chi connectivity index (χ4v) is 2.34. The Hall–Kier alpha value is -3.22. The molecular formula is C16H12N2O5. The standard InChI is InChI=1S/C16H12N2O5/c1-10(19)12-4-7-14-15(8-12)23-16(20)17(14)9-11-2-5-13(6-3-11)18(21)22/h2-8H,9H2,1H3. The van der Waals surface area contributed by atoms with Crippen LogP contribution in [0.25, 0.3) is 11.1 Å². The van der Waals surface area contributed by atoms with E-state index in [0.717, 1.165) is 5.56 Å². The zero-order valence-electron chi connectivity index (χ0n) is 12.2. The Kier molecular flexibility index (Phi) is 3.53. The number of fused-ring (bicyclic) bond motifs is 1. The number of Topliss-reactive ketones (excluding diaryl/α,β-unsaturated/α-hetero) is 1. The second kappa shape index (κ2) is 5.53. The van der Waals surface area contributed by atoms with E-state index in [9.17, 15) is 19.7 Å². The van der Waals surface area contributed by atoms with Crippen LogP contribution in [0.4, 0.5) is 5.69 Å². The van der Waals surface area contributed by atoms with Crippen molar-refractivity contribution < 1.29 is 14.1 Å². The summed E-state index contributed by atoms with van der Waals surface area (Å²) in [5, 5.41) is 10.7. The van der Waals surface area contributed by atoms with Gasteiger partial charge in [-0.05, 0) is 30.7 Å². The van der Waals surface area contributed by atoms with Crippen molar-refractivity contribution in [2.24, 2.45) is 0 Å². The number of nitro benzene ring substituents is 1. The van der Waals surface area contributed by atoms with Crippen LogP contribution in [0.5, 0.6) is 0 Å². The molecule has 0 aliphatic rings. The quantitative estimate of drug-likeness (QED) is 0.419. The lowest BCUT2D eigenvalue weighted by atomic mass is 10.1. The van der Waals surface area contributed by atoms with Crippen LogP contribution in [-0.2, 0) is 6.54 Å². The van der Waals surface area contributed by atoms with Gasteiger partial charge in [0.2, 0.25) is 0 Å². The van der Waals surface area contributed by atoms with Crippen LogP contribution in [0.15, 0.2) is 51.7 Å². The van der Waals surface area contributed by atoms with Crippen LogP contribution in [0.2, 0.25) is 0 Å². The highest BCUT2D eigenvalue weighted by Crippen LogP contribution is 2.18. The van der Waals surface area contributed by atoms with E-state index in [1.165, 1.54) is 29.7 Å². The summed E-state index contributed by atoms with van der Waals surface area (Å²) in [6, 6.07) is 10.8. The minimum absolute atomic E-state index is 0.00995. The number of carbonyl (C=O) groups excluding carboxylic acids is 1. The summed E-state index contributed by atoms with van der Waals surface area (Å²) in [5.41, 5.74) is 2.09. The van der Waals surface area contributed by atoms with E-state index in [4.69, 9.17) is 4.42 Å². The Bertz CT molecular complexity index is 966. The van der Waals surface area contributed by atoms with Crippen molar-refractivity contribution in [1.29, 1.82) is 0 Å². The largest absolute Gasteiger partial charge is 0.420 e. The summed E-state index contributed by atoms with van der Waals surface area (Å²) in [7, 11) is 0. The number of hydrogen-bond donors (Lipinski definition) is 0. The van der Waals surface area contributed by atoms with Crippen molar-refractivity contribution >= 4 is 22.6 Å². The second-order valence-electron chi connectivity index (χ2n) is 5.12. The maximum absolute atomic E-state index is 12.0. The van der Waals surface area contributed by atoms with Crippen LogP contribution in [0.3, 0.4) is 0 Å². The maximum Gasteiger partial charge on any atom is 0.420 e. The number of oxazole rings is 1. The molecule has 0 atom stereocenters. The number of aromatic nitrogens is 1. The van der Waals surface area contributed by atoms with Gasteiger partial charge in [0.15, 0.2) is 11.4 Å².